The molecule has 0 saturated carbocycles. The molecule has 0 amide bonds. The normalized spacial score (nSPS) is 19.6. The molecule has 1 unspecified atom stereocenters. The van der Waals surface area contributed by atoms with Crippen molar-refractivity contribution >= 4 is 36.2 Å². The summed E-state index contributed by atoms with van der Waals surface area (Å²) in [6.45, 7) is 5.37. The Morgan fingerprint density at radius 2 is 2.21 bits per heavy atom. The summed E-state index contributed by atoms with van der Waals surface area (Å²) in [5, 5.41) is 0. The zero-order chi connectivity index (χ0) is 21.2. The van der Waals surface area contributed by atoms with E-state index in [2.05, 4.69) is 31.6 Å². The fourth-order valence-electron chi connectivity index (χ4n) is 2.97. The van der Waals surface area contributed by atoms with E-state index in [1.165, 1.54) is 18.6 Å². The average Bonchev–Trinajstić information content (AvgIpc) is 2.73. The van der Waals surface area contributed by atoms with Crippen LogP contribution < -0.4 is 10.6 Å². The van der Waals surface area contributed by atoms with Gasteiger partial charge in [-0.05, 0) is 38.1 Å². The molecule has 29 heavy (non-hydrogen) atoms. The topological polar surface area (TPSA) is 83.0 Å². The number of nitrogens with zero attached hydrogens (tertiary/aromatic N) is 6. The van der Waals surface area contributed by atoms with E-state index in [0.29, 0.717) is 18.1 Å². The number of hydrogen-bond donors (Lipinski definition) is 1. The molecule has 1 aromatic heterocycles. The molecule has 2 aliphatic rings. The molecular formula is C19H27F2N7S. The van der Waals surface area contributed by atoms with Crippen LogP contribution in [0, 0.1) is 0 Å². The Labute approximate surface area is 174 Å². The number of anilines is 1. The first kappa shape index (κ1) is 23.0. The van der Waals surface area contributed by atoms with Crippen molar-refractivity contribution in [1.82, 2.24) is 14.9 Å². The van der Waals surface area contributed by atoms with Gasteiger partial charge in [0.1, 0.15) is 17.2 Å². The molecular weight excluding hydrogens is 396 g/mol. The fourth-order valence-corrected chi connectivity index (χ4v) is 2.97. The van der Waals surface area contributed by atoms with Gasteiger partial charge in [0, 0.05) is 37.7 Å². The van der Waals surface area contributed by atoms with Gasteiger partial charge in [0.25, 0.3) is 6.43 Å². The Morgan fingerprint density at radius 3 is 2.86 bits per heavy atom. The molecule has 1 aromatic rings. The van der Waals surface area contributed by atoms with Crippen molar-refractivity contribution in [3.8, 4) is 0 Å². The van der Waals surface area contributed by atoms with Gasteiger partial charge in [-0.15, -0.1) is 0 Å². The molecule has 0 aromatic carbocycles. The van der Waals surface area contributed by atoms with Crippen LogP contribution in [0.2, 0.25) is 0 Å². The second-order valence-corrected chi connectivity index (χ2v) is 7.33. The number of nitrogens with two attached hydrogens (primary N) is 1. The average molecular weight is 424 g/mol. The van der Waals surface area contributed by atoms with E-state index in [1.54, 1.807) is 22.9 Å². The van der Waals surface area contributed by atoms with Crippen molar-refractivity contribution in [2.75, 3.05) is 37.0 Å². The van der Waals surface area contributed by atoms with Crippen LogP contribution in [-0.2, 0) is 0 Å². The maximum atomic E-state index is 13.0. The van der Waals surface area contributed by atoms with Crippen molar-refractivity contribution in [3.63, 3.8) is 0 Å². The SMILES string of the molecule is C=N/C=C(/c1nccc(N2CCCC(N)C2)n1)N1C=C(C(F)F)N=CC1.CSC. The van der Waals surface area contributed by atoms with Crippen LogP contribution in [0.3, 0.4) is 0 Å². The van der Waals surface area contributed by atoms with E-state index in [9.17, 15) is 8.78 Å². The molecule has 2 aliphatic heterocycles. The summed E-state index contributed by atoms with van der Waals surface area (Å²) in [5.41, 5.74) is 6.21. The molecule has 158 valence electrons. The Balaban J connectivity index is 0.000000941. The number of halogens is 2. The van der Waals surface area contributed by atoms with Crippen molar-refractivity contribution in [3.05, 3.63) is 36.2 Å². The van der Waals surface area contributed by atoms with Gasteiger partial charge in [-0.1, -0.05) is 0 Å². The molecule has 7 nitrogen and oxygen atoms in total. The second kappa shape index (κ2) is 11.6. The zero-order valence-electron chi connectivity index (χ0n) is 16.7. The van der Waals surface area contributed by atoms with Crippen molar-refractivity contribution < 1.29 is 8.78 Å². The highest BCUT2D eigenvalue weighted by atomic mass is 32.2. The lowest BCUT2D eigenvalue weighted by Gasteiger charge is -2.32. The minimum atomic E-state index is -2.66. The van der Waals surface area contributed by atoms with E-state index < -0.39 is 6.43 Å². The van der Waals surface area contributed by atoms with Crippen LogP contribution >= 0.6 is 11.8 Å². The van der Waals surface area contributed by atoms with Crippen molar-refractivity contribution in [2.24, 2.45) is 15.7 Å². The third kappa shape index (κ3) is 6.60. The number of allylic oxidation sites excluding steroid dienone is 1. The molecule has 1 saturated heterocycles. The maximum absolute atomic E-state index is 13.0. The monoisotopic (exact) mass is 423 g/mol. The van der Waals surface area contributed by atoms with E-state index in [4.69, 9.17) is 5.73 Å². The van der Waals surface area contributed by atoms with Gasteiger partial charge >= 0.3 is 0 Å². The highest BCUT2D eigenvalue weighted by molar-refractivity contribution is 7.97. The summed E-state index contributed by atoms with van der Waals surface area (Å²) in [6, 6.07) is 1.93. The molecule has 0 spiro atoms. The molecule has 1 atom stereocenters. The van der Waals surface area contributed by atoms with E-state index >= 15 is 0 Å². The number of piperidine rings is 1. The summed E-state index contributed by atoms with van der Waals surface area (Å²) in [4.78, 5) is 20.1. The lowest BCUT2D eigenvalue weighted by molar-refractivity contribution is 0.185. The minimum absolute atomic E-state index is 0.113. The minimum Gasteiger partial charge on any atom is -0.355 e. The molecule has 0 aliphatic carbocycles. The summed E-state index contributed by atoms with van der Waals surface area (Å²) < 4.78 is 26.0. The highest BCUT2D eigenvalue weighted by Gasteiger charge is 2.22. The number of hydrogen-bond acceptors (Lipinski definition) is 8. The first-order valence-corrected chi connectivity index (χ1v) is 10.8. The van der Waals surface area contributed by atoms with Gasteiger partial charge < -0.3 is 15.5 Å². The molecule has 1 fully saturated rings. The van der Waals surface area contributed by atoms with Gasteiger partial charge in [-0.25, -0.2) is 18.7 Å². The van der Waals surface area contributed by atoms with Crippen LogP contribution in [0.25, 0.3) is 5.70 Å². The number of alkyl halides is 2. The lowest BCUT2D eigenvalue weighted by atomic mass is 10.1. The first-order valence-electron chi connectivity index (χ1n) is 9.19. The Bertz CT molecular complexity index is 767. The van der Waals surface area contributed by atoms with E-state index in [-0.39, 0.29) is 11.7 Å². The smallest absolute Gasteiger partial charge is 0.281 e. The summed E-state index contributed by atoms with van der Waals surface area (Å²) >= 11 is 1.75. The van der Waals surface area contributed by atoms with Crippen LogP contribution in [0.5, 0.6) is 0 Å². The van der Waals surface area contributed by atoms with Crippen LogP contribution in [-0.4, -0.2) is 72.4 Å². The van der Waals surface area contributed by atoms with Gasteiger partial charge in [-0.3, -0.25) is 9.98 Å². The first-order chi connectivity index (χ1) is 14.0. The van der Waals surface area contributed by atoms with E-state index in [1.807, 2.05) is 18.6 Å². The van der Waals surface area contributed by atoms with Crippen molar-refractivity contribution in [2.45, 2.75) is 25.3 Å². The van der Waals surface area contributed by atoms with Crippen LogP contribution in [0.4, 0.5) is 14.6 Å². The largest absolute Gasteiger partial charge is 0.355 e. The third-order valence-corrected chi connectivity index (χ3v) is 4.21. The number of aromatic nitrogens is 2. The molecule has 3 rings (SSSR count). The van der Waals surface area contributed by atoms with Gasteiger partial charge in [0.15, 0.2) is 5.82 Å². The number of aliphatic imine (C=N–C) groups is 2. The van der Waals surface area contributed by atoms with Gasteiger partial charge in [0.2, 0.25) is 0 Å². The summed E-state index contributed by atoms with van der Waals surface area (Å²) in [7, 11) is 0. The Kier molecular flexibility index (Phi) is 9.20. The molecule has 0 bridgehead atoms. The Morgan fingerprint density at radius 1 is 1.45 bits per heavy atom. The second-order valence-electron chi connectivity index (χ2n) is 6.51. The number of rotatable bonds is 5. The van der Waals surface area contributed by atoms with Gasteiger partial charge in [0.05, 0.1) is 12.7 Å². The molecule has 10 heteroatoms. The maximum Gasteiger partial charge on any atom is 0.281 e. The molecule has 2 N–H and O–H groups in total. The lowest BCUT2D eigenvalue weighted by Crippen LogP contribution is -2.43. The third-order valence-electron chi connectivity index (χ3n) is 4.21. The number of thioether (sulfide) groups is 1. The summed E-state index contributed by atoms with van der Waals surface area (Å²) in [5.74, 6) is 1.14. The van der Waals surface area contributed by atoms with E-state index in [0.717, 1.165) is 31.7 Å². The quantitative estimate of drug-likeness (QED) is 0.734. The van der Waals surface area contributed by atoms with Crippen LogP contribution in [0.1, 0.15) is 18.7 Å². The predicted octanol–water partition coefficient (Wildman–Crippen LogP) is 2.88. The summed E-state index contributed by atoms with van der Waals surface area (Å²) in [6.07, 6.45) is 9.23. The molecule has 3 heterocycles. The van der Waals surface area contributed by atoms with Crippen LogP contribution in [0.15, 0.2) is 40.3 Å². The zero-order valence-corrected chi connectivity index (χ0v) is 17.5. The molecule has 0 radical (unpaired) electrons. The standard InChI is InChI=1S/C17H21F2N7.C2H6S/c1-21-9-14(25-8-6-22-13(11-25)16(18)19)17-23-5-4-15(24-17)26-7-2-3-12(20)10-26;1-3-2/h4-6,9,11-12,16H,1-3,7-8,10,20H2;1-2H3/b14-9-;. The highest BCUT2D eigenvalue weighted by Crippen LogP contribution is 2.24. The van der Waals surface area contributed by atoms with Crippen molar-refractivity contribution in [1.29, 1.82) is 0 Å². The fraction of sp³-hybridized carbons (Fsp3) is 0.474. The predicted molar refractivity (Wildman–Crippen MR) is 118 cm³/mol. The Hall–Kier alpha value is -2.33. The van der Waals surface area contributed by atoms with Gasteiger partial charge in [-0.2, -0.15) is 11.8 Å².